The number of carboxylic acid groups (broad SMARTS) is 1. The van der Waals surface area contributed by atoms with Crippen LogP contribution >= 0.6 is 0 Å². The van der Waals surface area contributed by atoms with Gasteiger partial charge in [-0.2, -0.15) is 0 Å². The number of hydrogen-bond donors (Lipinski definition) is 2. The third-order valence-corrected chi connectivity index (χ3v) is 3.99. The Labute approximate surface area is 158 Å². The molecule has 0 saturated carbocycles. The molecular weight excluding hydrogens is 328 g/mol. The molecule has 0 heterocycles. The molecule has 4 heteroatoms. The molecule has 1 aromatic carbocycles. The first-order valence-corrected chi connectivity index (χ1v) is 9.72. The van der Waals surface area contributed by atoms with E-state index in [0.717, 1.165) is 25.0 Å². The smallest absolute Gasteiger partial charge is 0.330 e. The van der Waals surface area contributed by atoms with Crippen molar-refractivity contribution in [2.45, 2.75) is 78.2 Å². The molecule has 2 N–H and O–H groups in total. The van der Waals surface area contributed by atoms with Crippen LogP contribution in [0.15, 0.2) is 36.4 Å². The summed E-state index contributed by atoms with van der Waals surface area (Å²) in [4.78, 5) is 9.60. The summed E-state index contributed by atoms with van der Waals surface area (Å²) in [6, 6.07) is 7.56. The Balaban J connectivity index is 0.000000896. The molecule has 0 bridgehead atoms. The molecule has 1 unspecified atom stereocenters. The molecule has 0 aliphatic rings. The lowest BCUT2D eigenvalue weighted by molar-refractivity contribution is -0.132. The van der Waals surface area contributed by atoms with Gasteiger partial charge in [0.2, 0.25) is 0 Å². The number of benzene rings is 1. The lowest BCUT2D eigenvalue weighted by atomic mass is 10.0. The Bertz CT molecular complexity index is 499. The van der Waals surface area contributed by atoms with E-state index in [-0.39, 0.29) is 11.7 Å². The average molecular weight is 365 g/mol. The summed E-state index contributed by atoms with van der Waals surface area (Å²) in [5.41, 5.74) is 1.12. The molecule has 0 saturated heterocycles. The number of rotatable bonds is 12. The molecule has 0 fully saturated rings. The zero-order valence-electron chi connectivity index (χ0n) is 16.7. The Kier molecular flexibility index (Phi) is 14.4. The lowest BCUT2D eigenvalue weighted by Gasteiger charge is -2.19. The molecule has 0 aromatic heterocycles. The van der Waals surface area contributed by atoms with Gasteiger partial charge in [-0.1, -0.05) is 77.2 Å². The first-order valence-electron chi connectivity index (χ1n) is 9.72. The van der Waals surface area contributed by atoms with E-state index in [9.17, 15) is 9.90 Å². The molecule has 0 aliphatic heterocycles. The molecule has 0 radical (unpaired) electrons. The van der Waals surface area contributed by atoms with Crippen LogP contribution in [0.2, 0.25) is 0 Å². The number of aromatic hydroxyl groups is 1. The van der Waals surface area contributed by atoms with Crippen molar-refractivity contribution in [2.75, 3.05) is 6.61 Å². The number of carboxylic acids is 1. The topological polar surface area (TPSA) is 66.8 Å². The van der Waals surface area contributed by atoms with E-state index in [1.165, 1.54) is 45.4 Å². The molecular formula is C22H36O4. The van der Waals surface area contributed by atoms with E-state index >= 15 is 0 Å². The number of phenols is 1. The SMILES string of the molecule is C=C(C)C(=O)O.CCCCCCCCC(OCCC)c1ccccc1O. The summed E-state index contributed by atoms with van der Waals surface area (Å²) in [7, 11) is 0. The van der Waals surface area contributed by atoms with Gasteiger partial charge < -0.3 is 14.9 Å². The molecule has 0 aliphatic carbocycles. The fourth-order valence-corrected chi connectivity index (χ4v) is 2.46. The van der Waals surface area contributed by atoms with Gasteiger partial charge in [0.05, 0.1) is 6.10 Å². The second-order valence-electron chi connectivity index (χ2n) is 6.56. The van der Waals surface area contributed by atoms with Crippen molar-refractivity contribution >= 4 is 5.97 Å². The first-order chi connectivity index (χ1) is 12.4. The zero-order valence-corrected chi connectivity index (χ0v) is 16.7. The quantitative estimate of drug-likeness (QED) is 0.339. The maximum atomic E-state index is 9.97. The second kappa shape index (κ2) is 15.4. The van der Waals surface area contributed by atoms with Gasteiger partial charge in [0.15, 0.2) is 0 Å². The third-order valence-electron chi connectivity index (χ3n) is 3.99. The monoisotopic (exact) mass is 364 g/mol. The number of ether oxygens (including phenoxy) is 1. The summed E-state index contributed by atoms with van der Waals surface area (Å²) < 4.78 is 5.93. The lowest BCUT2D eigenvalue weighted by Crippen LogP contribution is -2.06. The van der Waals surface area contributed by atoms with Gasteiger partial charge in [-0.05, 0) is 25.8 Å². The molecule has 1 rings (SSSR count). The van der Waals surface area contributed by atoms with Gasteiger partial charge >= 0.3 is 5.97 Å². The minimum Gasteiger partial charge on any atom is -0.508 e. The van der Waals surface area contributed by atoms with Crippen molar-refractivity contribution in [3.63, 3.8) is 0 Å². The Morgan fingerprint density at radius 2 is 1.65 bits per heavy atom. The molecule has 1 atom stereocenters. The minimum atomic E-state index is -0.935. The van der Waals surface area contributed by atoms with Gasteiger partial charge in [0.1, 0.15) is 5.75 Å². The summed E-state index contributed by atoms with van der Waals surface area (Å²) >= 11 is 0. The molecule has 0 spiro atoms. The maximum Gasteiger partial charge on any atom is 0.330 e. The fourth-order valence-electron chi connectivity index (χ4n) is 2.46. The van der Waals surface area contributed by atoms with Crippen molar-refractivity contribution < 1.29 is 19.7 Å². The summed E-state index contributed by atoms with van der Waals surface area (Å²) in [5, 5.41) is 17.9. The standard InChI is InChI=1S/C18H30O2.C4H6O2/c1-3-5-6-7-8-9-14-18(20-15-4-2)16-12-10-11-13-17(16)19;1-3(2)4(5)6/h10-13,18-19H,3-9,14-15H2,1-2H3;1H2,2H3,(H,5,6). The third kappa shape index (κ3) is 11.7. The van der Waals surface area contributed by atoms with Crippen molar-refractivity contribution in [1.82, 2.24) is 0 Å². The van der Waals surface area contributed by atoms with Crippen molar-refractivity contribution in [3.05, 3.63) is 42.0 Å². The highest BCUT2D eigenvalue weighted by molar-refractivity contribution is 5.84. The summed E-state index contributed by atoms with van der Waals surface area (Å²) in [6.07, 6.45) is 9.79. The number of para-hydroxylation sites is 1. The summed E-state index contributed by atoms with van der Waals surface area (Å²) in [6.45, 7) is 9.72. The molecule has 26 heavy (non-hydrogen) atoms. The second-order valence-corrected chi connectivity index (χ2v) is 6.56. The van der Waals surface area contributed by atoms with Crippen LogP contribution in [-0.2, 0) is 9.53 Å². The Hall–Kier alpha value is -1.81. The average Bonchev–Trinajstić information content (AvgIpc) is 2.61. The highest BCUT2D eigenvalue weighted by Crippen LogP contribution is 2.30. The fraction of sp³-hybridized carbons (Fsp3) is 0.591. The van der Waals surface area contributed by atoms with Crippen LogP contribution in [0.3, 0.4) is 0 Å². The van der Waals surface area contributed by atoms with E-state index in [4.69, 9.17) is 9.84 Å². The molecule has 148 valence electrons. The maximum absolute atomic E-state index is 9.97. The van der Waals surface area contributed by atoms with E-state index in [0.29, 0.717) is 5.75 Å². The minimum absolute atomic E-state index is 0.0438. The zero-order chi connectivity index (χ0) is 19.8. The first kappa shape index (κ1) is 24.2. The van der Waals surface area contributed by atoms with Crippen LogP contribution in [-0.4, -0.2) is 22.8 Å². The predicted octanol–water partition coefficient (Wildman–Crippen LogP) is 6.26. The van der Waals surface area contributed by atoms with Crippen LogP contribution in [0.25, 0.3) is 0 Å². The molecule has 0 amide bonds. The van der Waals surface area contributed by atoms with Gasteiger partial charge in [-0.3, -0.25) is 0 Å². The van der Waals surface area contributed by atoms with Crippen molar-refractivity contribution in [1.29, 1.82) is 0 Å². The van der Waals surface area contributed by atoms with Gasteiger partial charge in [0, 0.05) is 17.7 Å². The van der Waals surface area contributed by atoms with Crippen LogP contribution in [0.4, 0.5) is 0 Å². The molecule has 4 nitrogen and oxygen atoms in total. The van der Waals surface area contributed by atoms with E-state index in [1.807, 2.05) is 18.2 Å². The number of aliphatic carboxylic acids is 1. The van der Waals surface area contributed by atoms with Crippen LogP contribution in [0.1, 0.15) is 83.8 Å². The van der Waals surface area contributed by atoms with Gasteiger partial charge in [-0.25, -0.2) is 4.79 Å². The highest BCUT2D eigenvalue weighted by atomic mass is 16.5. The highest BCUT2D eigenvalue weighted by Gasteiger charge is 2.14. The van der Waals surface area contributed by atoms with Crippen molar-refractivity contribution in [3.8, 4) is 5.75 Å². The van der Waals surface area contributed by atoms with E-state index in [1.54, 1.807) is 6.07 Å². The van der Waals surface area contributed by atoms with E-state index in [2.05, 4.69) is 20.4 Å². The predicted molar refractivity (Wildman–Crippen MR) is 108 cm³/mol. The van der Waals surface area contributed by atoms with Gasteiger partial charge in [-0.15, -0.1) is 0 Å². The number of carbonyl (C=O) groups is 1. The van der Waals surface area contributed by atoms with E-state index < -0.39 is 5.97 Å². The number of unbranched alkanes of at least 4 members (excludes halogenated alkanes) is 5. The van der Waals surface area contributed by atoms with Crippen molar-refractivity contribution in [2.24, 2.45) is 0 Å². The normalized spacial score (nSPS) is 11.3. The Morgan fingerprint density at radius 3 is 2.19 bits per heavy atom. The van der Waals surface area contributed by atoms with Crippen LogP contribution in [0.5, 0.6) is 5.75 Å². The summed E-state index contributed by atoms with van der Waals surface area (Å²) in [5.74, 6) is -0.574. The van der Waals surface area contributed by atoms with Gasteiger partial charge in [0.25, 0.3) is 0 Å². The number of hydrogen-bond acceptors (Lipinski definition) is 3. The van der Waals surface area contributed by atoms with Crippen LogP contribution in [0, 0.1) is 0 Å². The largest absolute Gasteiger partial charge is 0.508 e. The Morgan fingerprint density at radius 1 is 1.08 bits per heavy atom. The van der Waals surface area contributed by atoms with Crippen LogP contribution < -0.4 is 0 Å². The molecule has 1 aromatic rings. The number of phenolic OH excluding ortho intramolecular Hbond substituents is 1.